The third-order valence-corrected chi connectivity index (χ3v) is 5.73. The molecule has 0 saturated carbocycles. The second-order valence-corrected chi connectivity index (χ2v) is 7.65. The van der Waals surface area contributed by atoms with Crippen LogP contribution in [0.5, 0.6) is 0 Å². The third kappa shape index (κ3) is 3.56. The molecule has 1 aromatic carbocycles. The number of anilines is 1. The Bertz CT molecular complexity index is 1110. The van der Waals surface area contributed by atoms with Gasteiger partial charge in [-0.15, -0.1) is 0 Å². The quantitative estimate of drug-likeness (QED) is 0.719. The fourth-order valence-corrected chi connectivity index (χ4v) is 4.33. The molecule has 8 nitrogen and oxygen atoms in total. The van der Waals surface area contributed by atoms with Crippen LogP contribution in [-0.4, -0.2) is 28.0 Å². The van der Waals surface area contributed by atoms with Gasteiger partial charge in [-0.05, 0) is 24.6 Å². The highest BCUT2D eigenvalue weighted by Gasteiger charge is 2.25. The summed E-state index contributed by atoms with van der Waals surface area (Å²) < 4.78 is 30.5. The molecule has 3 aromatic rings. The summed E-state index contributed by atoms with van der Waals surface area (Å²) in [5, 5.41) is 17.1. The van der Waals surface area contributed by atoms with Crippen LogP contribution in [0.2, 0.25) is 5.15 Å². The molecule has 0 spiro atoms. The second-order valence-electron chi connectivity index (χ2n) is 5.67. The topological polar surface area (TPSA) is 106 Å². The van der Waals surface area contributed by atoms with E-state index in [1.165, 1.54) is 10.9 Å². The molecule has 0 saturated heterocycles. The molecule has 0 aliphatic heterocycles. The zero-order chi connectivity index (χ0) is 18.9. The predicted molar refractivity (Wildman–Crippen MR) is 96.2 cm³/mol. The summed E-state index contributed by atoms with van der Waals surface area (Å²) >= 11 is 6.04. The lowest BCUT2D eigenvalue weighted by Crippen LogP contribution is -2.13. The zero-order valence-electron chi connectivity index (χ0n) is 14.0. The molecule has 0 atom stereocenters. The standard InChI is InChI=1S/C16H15ClN6O2S/c1-11-15(16(17)22(2)20-11)26(24,25)21-14-8-19-23(10-14)9-13-5-3-4-12(6-13)7-18/h3-6,8,10,21H,9H2,1-2H3. The first-order valence-electron chi connectivity index (χ1n) is 7.53. The van der Waals surface area contributed by atoms with Gasteiger partial charge in [0, 0.05) is 13.2 Å². The summed E-state index contributed by atoms with van der Waals surface area (Å²) in [5.41, 5.74) is 2.05. The van der Waals surface area contributed by atoms with E-state index in [1.807, 2.05) is 6.07 Å². The summed E-state index contributed by atoms with van der Waals surface area (Å²) in [7, 11) is -2.31. The van der Waals surface area contributed by atoms with E-state index in [2.05, 4.69) is 21.0 Å². The van der Waals surface area contributed by atoms with Gasteiger partial charge in [-0.1, -0.05) is 23.7 Å². The highest BCUT2D eigenvalue weighted by Crippen LogP contribution is 2.26. The highest BCUT2D eigenvalue weighted by atomic mass is 35.5. The van der Waals surface area contributed by atoms with E-state index < -0.39 is 10.0 Å². The summed E-state index contributed by atoms with van der Waals surface area (Å²) in [6.45, 7) is 1.98. The van der Waals surface area contributed by atoms with E-state index in [1.54, 1.807) is 43.0 Å². The van der Waals surface area contributed by atoms with E-state index in [0.29, 0.717) is 23.5 Å². The maximum atomic E-state index is 12.6. The normalized spacial score (nSPS) is 11.3. The summed E-state index contributed by atoms with van der Waals surface area (Å²) in [4.78, 5) is -0.0591. The van der Waals surface area contributed by atoms with Gasteiger partial charge in [0.2, 0.25) is 0 Å². The van der Waals surface area contributed by atoms with E-state index in [4.69, 9.17) is 16.9 Å². The van der Waals surface area contributed by atoms with Crippen LogP contribution in [-0.2, 0) is 23.6 Å². The van der Waals surface area contributed by atoms with Crippen LogP contribution in [0.3, 0.4) is 0 Å². The fourth-order valence-electron chi connectivity index (χ4n) is 2.55. The van der Waals surface area contributed by atoms with Crippen LogP contribution in [0.25, 0.3) is 0 Å². The smallest absolute Gasteiger partial charge is 0.266 e. The Hall–Kier alpha value is -2.83. The highest BCUT2D eigenvalue weighted by molar-refractivity contribution is 7.92. The first-order valence-corrected chi connectivity index (χ1v) is 9.39. The number of nitrogens with zero attached hydrogens (tertiary/aromatic N) is 5. The zero-order valence-corrected chi connectivity index (χ0v) is 15.6. The van der Waals surface area contributed by atoms with Gasteiger partial charge in [0.1, 0.15) is 10.0 Å². The van der Waals surface area contributed by atoms with Gasteiger partial charge in [-0.2, -0.15) is 15.5 Å². The number of nitriles is 1. The van der Waals surface area contributed by atoms with Crippen LogP contribution in [0.4, 0.5) is 5.69 Å². The van der Waals surface area contributed by atoms with Crippen molar-refractivity contribution in [2.24, 2.45) is 7.05 Å². The van der Waals surface area contributed by atoms with Gasteiger partial charge in [-0.3, -0.25) is 14.1 Å². The molecule has 0 aliphatic carbocycles. The SMILES string of the molecule is Cc1nn(C)c(Cl)c1S(=O)(=O)Nc1cnn(Cc2cccc(C#N)c2)c1. The van der Waals surface area contributed by atoms with Crippen molar-refractivity contribution in [2.45, 2.75) is 18.4 Å². The molecule has 0 amide bonds. The molecule has 10 heteroatoms. The Morgan fingerprint density at radius 1 is 1.38 bits per heavy atom. The van der Waals surface area contributed by atoms with Crippen LogP contribution in [0.1, 0.15) is 16.8 Å². The van der Waals surface area contributed by atoms with Crippen molar-refractivity contribution in [1.82, 2.24) is 19.6 Å². The average Bonchev–Trinajstić information content (AvgIpc) is 3.11. The Kier molecular flexibility index (Phi) is 4.71. The Balaban J connectivity index is 1.81. The molecule has 3 rings (SSSR count). The van der Waals surface area contributed by atoms with Crippen molar-refractivity contribution in [3.8, 4) is 6.07 Å². The minimum atomic E-state index is -3.89. The van der Waals surface area contributed by atoms with E-state index in [9.17, 15) is 8.42 Å². The molecule has 2 heterocycles. The van der Waals surface area contributed by atoms with Crippen molar-refractivity contribution >= 4 is 27.3 Å². The van der Waals surface area contributed by atoms with Gasteiger partial charge in [0.25, 0.3) is 10.0 Å². The van der Waals surface area contributed by atoms with Gasteiger partial charge in [0.05, 0.1) is 35.8 Å². The minimum absolute atomic E-state index is 0.0377. The predicted octanol–water partition coefficient (Wildman–Crippen LogP) is 2.30. The summed E-state index contributed by atoms with van der Waals surface area (Å²) in [5.74, 6) is 0. The largest absolute Gasteiger partial charge is 0.276 e. The van der Waals surface area contributed by atoms with Crippen LogP contribution >= 0.6 is 11.6 Å². The Morgan fingerprint density at radius 3 is 2.81 bits per heavy atom. The summed E-state index contributed by atoms with van der Waals surface area (Å²) in [6.07, 6.45) is 2.97. The first kappa shape index (κ1) is 18.0. The molecule has 0 radical (unpaired) electrons. The first-order chi connectivity index (χ1) is 12.3. The number of hydrogen-bond donors (Lipinski definition) is 1. The Labute approximate surface area is 155 Å². The number of sulfonamides is 1. The van der Waals surface area contributed by atoms with Crippen molar-refractivity contribution in [1.29, 1.82) is 5.26 Å². The molecule has 0 bridgehead atoms. The molecule has 134 valence electrons. The number of rotatable bonds is 5. The van der Waals surface area contributed by atoms with Crippen molar-refractivity contribution in [2.75, 3.05) is 4.72 Å². The molecule has 2 aromatic heterocycles. The van der Waals surface area contributed by atoms with Gasteiger partial charge >= 0.3 is 0 Å². The molecule has 0 fully saturated rings. The molecule has 0 aliphatic rings. The van der Waals surface area contributed by atoms with Crippen molar-refractivity contribution in [3.05, 3.63) is 58.6 Å². The van der Waals surface area contributed by atoms with E-state index >= 15 is 0 Å². The summed E-state index contributed by atoms with van der Waals surface area (Å²) in [6, 6.07) is 9.20. The monoisotopic (exact) mass is 390 g/mol. The number of aryl methyl sites for hydroxylation is 2. The number of halogens is 1. The van der Waals surface area contributed by atoms with E-state index in [0.717, 1.165) is 5.56 Å². The number of nitrogens with one attached hydrogen (secondary N) is 1. The lowest BCUT2D eigenvalue weighted by molar-refractivity contribution is 0.600. The molecular weight excluding hydrogens is 376 g/mol. The van der Waals surface area contributed by atoms with Gasteiger partial charge in [0.15, 0.2) is 0 Å². The van der Waals surface area contributed by atoms with E-state index in [-0.39, 0.29) is 10.0 Å². The van der Waals surface area contributed by atoms with Crippen molar-refractivity contribution in [3.63, 3.8) is 0 Å². The molecule has 0 unspecified atom stereocenters. The molecular formula is C16H15ClN6O2S. The van der Waals surface area contributed by atoms with Gasteiger partial charge in [-0.25, -0.2) is 8.42 Å². The second kappa shape index (κ2) is 6.82. The average molecular weight is 391 g/mol. The van der Waals surface area contributed by atoms with Crippen LogP contribution in [0.15, 0.2) is 41.6 Å². The van der Waals surface area contributed by atoms with Crippen LogP contribution in [0, 0.1) is 18.3 Å². The maximum absolute atomic E-state index is 12.6. The number of aromatic nitrogens is 4. The van der Waals surface area contributed by atoms with Gasteiger partial charge < -0.3 is 0 Å². The lowest BCUT2D eigenvalue weighted by Gasteiger charge is -2.05. The molecule has 1 N–H and O–H groups in total. The maximum Gasteiger partial charge on any atom is 0.266 e. The lowest BCUT2D eigenvalue weighted by atomic mass is 10.1. The third-order valence-electron chi connectivity index (χ3n) is 3.65. The minimum Gasteiger partial charge on any atom is -0.276 e. The van der Waals surface area contributed by atoms with Crippen molar-refractivity contribution < 1.29 is 8.42 Å². The molecule has 26 heavy (non-hydrogen) atoms. The number of hydrogen-bond acceptors (Lipinski definition) is 5. The fraction of sp³-hybridized carbons (Fsp3) is 0.188. The Morgan fingerprint density at radius 2 is 2.15 bits per heavy atom. The number of benzene rings is 1. The van der Waals surface area contributed by atoms with Crippen LogP contribution < -0.4 is 4.72 Å².